The molecule has 0 bridgehead atoms. The highest BCUT2D eigenvalue weighted by molar-refractivity contribution is 6.28. The van der Waals surface area contributed by atoms with E-state index in [0.717, 1.165) is 49.5 Å². The predicted octanol–water partition coefficient (Wildman–Crippen LogP) is 2.75. The second kappa shape index (κ2) is 6.32. The molecular weight excluding hydrogens is 288 g/mol. The number of aryl methyl sites for hydroxylation is 1. The Morgan fingerprint density at radius 1 is 1.26 bits per heavy atom. The monoisotopic (exact) mass is 314 g/mol. The zero-order valence-electron chi connectivity index (χ0n) is 14.5. The van der Waals surface area contributed by atoms with Gasteiger partial charge in [0.05, 0.1) is 11.3 Å². The second-order valence-electron chi connectivity index (χ2n) is 6.50. The lowest BCUT2D eigenvalue weighted by Gasteiger charge is -2.18. The summed E-state index contributed by atoms with van der Waals surface area (Å²) in [5.41, 5.74) is 9.06. The Hall–Kier alpha value is -1.88. The van der Waals surface area contributed by atoms with Crippen LogP contribution in [0.5, 0.6) is 0 Å². The number of H-pyrrole nitrogens is 1. The molecule has 124 valence electrons. The van der Waals surface area contributed by atoms with E-state index >= 15 is 0 Å². The van der Waals surface area contributed by atoms with E-state index in [1.807, 2.05) is 6.08 Å². The lowest BCUT2D eigenvalue weighted by atomic mass is 10.0. The van der Waals surface area contributed by atoms with Crippen LogP contribution in [-0.4, -0.2) is 34.6 Å². The van der Waals surface area contributed by atoms with Gasteiger partial charge in [-0.15, -0.1) is 0 Å². The molecule has 0 radical (unpaired) electrons. The average Bonchev–Trinajstić information content (AvgIpc) is 3.27. The van der Waals surface area contributed by atoms with Gasteiger partial charge in [-0.1, -0.05) is 13.8 Å². The van der Waals surface area contributed by atoms with E-state index in [1.54, 1.807) is 0 Å². The Morgan fingerprint density at radius 3 is 2.57 bits per heavy atom. The molecule has 0 saturated heterocycles. The van der Waals surface area contributed by atoms with Crippen LogP contribution in [0.4, 0.5) is 0 Å². The molecule has 0 unspecified atom stereocenters. The van der Waals surface area contributed by atoms with Crippen molar-refractivity contribution in [3.8, 4) is 0 Å². The Labute approximate surface area is 137 Å². The van der Waals surface area contributed by atoms with Crippen LogP contribution in [0.3, 0.4) is 0 Å². The number of carbonyl (C=O) groups excluding carboxylic acids is 1. The van der Waals surface area contributed by atoms with Gasteiger partial charge in [-0.05, 0) is 57.0 Å². The molecular formula is C18H26N4O. The fraction of sp³-hybridized carbons (Fsp3) is 0.556. The zero-order valence-corrected chi connectivity index (χ0v) is 14.5. The molecule has 1 amide bonds. The minimum absolute atomic E-state index is 0.0798. The van der Waals surface area contributed by atoms with Crippen molar-refractivity contribution < 1.29 is 4.79 Å². The Kier molecular flexibility index (Phi) is 4.39. The molecule has 1 aliphatic carbocycles. The average molecular weight is 314 g/mol. The number of nitrogens with one attached hydrogen (secondary N) is 2. The van der Waals surface area contributed by atoms with E-state index in [1.165, 1.54) is 16.8 Å². The van der Waals surface area contributed by atoms with E-state index in [9.17, 15) is 4.79 Å². The molecule has 1 aromatic heterocycles. The topological polar surface area (TPSA) is 60.5 Å². The fourth-order valence-electron chi connectivity index (χ4n) is 3.17. The Balaban J connectivity index is 1.90. The lowest BCUT2D eigenvalue weighted by Crippen LogP contribution is -2.22. The highest BCUT2D eigenvalue weighted by atomic mass is 16.2. The van der Waals surface area contributed by atoms with Crippen LogP contribution >= 0.6 is 0 Å². The summed E-state index contributed by atoms with van der Waals surface area (Å²) in [6.07, 6.45) is 4.26. The van der Waals surface area contributed by atoms with Crippen LogP contribution in [0.1, 0.15) is 49.2 Å². The van der Waals surface area contributed by atoms with Crippen molar-refractivity contribution >= 4 is 17.7 Å². The van der Waals surface area contributed by atoms with Crippen LogP contribution < -0.4 is 5.43 Å². The van der Waals surface area contributed by atoms with Gasteiger partial charge in [0.25, 0.3) is 5.91 Å². The van der Waals surface area contributed by atoms with E-state index in [-0.39, 0.29) is 5.91 Å². The SMILES string of the molecule is CCN(CC)Cc1c(C)[nH]c(/C=C2/C(=O)NN=C2C2CC2)c1C. The molecule has 1 saturated carbocycles. The number of hydrogen-bond donors (Lipinski definition) is 2. The molecule has 1 fully saturated rings. The number of rotatable bonds is 6. The van der Waals surface area contributed by atoms with E-state index in [0.29, 0.717) is 5.92 Å². The summed E-state index contributed by atoms with van der Waals surface area (Å²) in [6.45, 7) is 11.6. The maximum absolute atomic E-state index is 12.1. The van der Waals surface area contributed by atoms with Crippen molar-refractivity contribution in [3.63, 3.8) is 0 Å². The molecule has 0 spiro atoms. The molecule has 3 rings (SSSR count). The molecule has 23 heavy (non-hydrogen) atoms. The maximum Gasteiger partial charge on any atom is 0.273 e. The van der Waals surface area contributed by atoms with Gasteiger partial charge in [0.15, 0.2) is 0 Å². The van der Waals surface area contributed by atoms with Gasteiger partial charge in [-0.2, -0.15) is 5.10 Å². The van der Waals surface area contributed by atoms with Crippen molar-refractivity contribution in [3.05, 3.63) is 28.1 Å². The third-order valence-corrected chi connectivity index (χ3v) is 4.96. The van der Waals surface area contributed by atoms with Crippen LogP contribution in [0.25, 0.3) is 6.08 Å². The summed E-state index contributed by atoms with van der Waals surface area (Å²) in [5, 5.41) is 4.22. The van der Waals surface area contributed by atoms with E-state index in [2.05, 4.69) is 48.1 Å². The minimum Gasteiger partial charge on any atom is -0.359 e. The standard InChI is InChI=1S/C18H26N4O/c1-5-22(6-2)10-15-11(3)16(19-12(15)4)9-14-17(13-7-8-13)20-21-18(14)23/h9,13,19H,5-8,10H2,1-4H3,(H,21,23)/b14-9+. The summed E-state index contributed by atoms with van der Waals surface area (Å²) in [7, 11) is 0. The Bertz CT molecular complexity index is 675. The molecule has 0 atom stereocenters. The summed E-state index contributed by atoms with van der Waals surface area (Å²) in [4.78, 5) is 17.9. The van der Waals surface area contributed by atoms with Crippen LogP contribution in [0.2, 0.25) is 0 Å². The molecule has 2 N–H and O–H groups in total. The summed E-state index contributed by atoms with van der Waals surface area (Å²) in [5.74, 6) is 0.385. The third kappa shape index (κ3) is 3.11. The van der Waals surface area contributed by atoms with E-state index < -0.39 is 0 Å². The quantitative estimate of drug-likeness (QED) is 0.793. The molecule has 5 nitrogen and oxygen atoms in total. The molecule has 2 aliphatic rings. The van der Waals surface area contributed by atoms with Crippen molar-refractivity contribution in [2.45, 2.75) is 47.1 Å². The van der Waals surface area contributed by atoms with Crippen LogP contribution in [0, 0.1) is 19.8 Å². The first-order chi connectivity index (χ1) is 11.0. The largest absolute Gasteiger partial charge is 0.359 e. The van der Waals surface area contributed by atoms with Gasteiger partial charge in [0, 0.05) is 23.9 Å². The summed E-state index contributed by atoms with van der Waals surface area (Å²) >= 11 is 0. The molecule has 5 heteroatoms. The Morgan fingerprint density at radius 2 is 1.96 bits per heavy atom. The minimum atomic E-state index is -0.0798. The number of aromatic nitrogens is 1. The molecule has 1 aliphatic heterocycles. The van der Waals surface area contributed by atoms with Gasteiger partial charge >= 0.3 is 0 Å². The molecule has 2 heterocycles. The number of amides is 1. The highest BCUT2D eigenvalue weighted by Crippen LogP contribution is 2.35. The van der Waals surface area contributed by atoms with Crippen LogP contribution in [-0.2, 0) is 11.3 Å². The first kappa shape index (κ1) is 16.0. The van der Waals surface area contributed by atoms with Crippen molar-refractivity contribution in [1.29, 1.82) is 0 Å². The normalized spacial score (nSPS) is 19.6. The van der Waals surface area contributed by atoms with Crippen molar-refractivity contribution in [1.82, 2.24) is 15.3 Å². The van der Waals surface area contributed by atoms with Gasteiger partial charge in [0.2, 0.25) is 0 Å². The highest BCUT2D eigenvalue weighted by Gasteiger charge is 2.36. The van der Waals surface area contributed by atoms with Gasteiger partial charge < -0.3 is 4.98 Å². The predicted molar refractivity (Wildman–Crippen MR) is 93.2 cm³/mol. The molecule has 0 aromatic carbocycles. The van der Waals surface area contributed by atoms with Crippen LogP contribution in [0.15, 0.2) is 10.7 Å². The smallest absolute Gasteiger partial charge is 0.273 e. The van der Waals surface area contributed by atoms with Gasteiger partial charge in [0.1, 0.15) is 0 Å². The third-order valence-electron chi connectivity index (χ3n) is 4.96. The second-order valence-corrected chi connectivity index (χ2v) is 6.50. The van der Waals surface area contributed by atoms with Gasteiger partial charge in [-0.3, -0.25) is 9.69 Å². The number of aromatic amines is 1. The van der Waals surface area contributed by atoms with Crippen molar-refractivity contribution in [2.24, 2.45) is 11.0 Å². The zero-order chi connectivity index (χ0) is 16.6. The first-order valence-corrected chi connectivity index (χ1v) is 8.55. The van der Waals surface area contributed by atoms with E-state index in [4.69, 9.17) is 0 Å². The van der Waals surface area contributed by atoms with Gasteiger partial charge in [-0.25, -0.2) is 5.43 Å². The summed E-state index contributed by atoms with van der Waals surface area (Å²) in [6, 6.07) is 0. The lowest BCUT2D eigenvalue weighted by molar-refractivity contribution is -0.116. The maximum atomic E-state index is 12.1. The number of hydrogen-bond acceptors (Lipinski definition) is 3. The first-order valence-electron chi connectivity index (χ1n) is 8.55. The molecule has 1 aromatic rings. The fourth-order valence-corrected chi connectivity index (χ4v) is 3.17. The van der Waals surface area contributed by atoms with Crippen molar-refractivity contribution in [2.75, 3.05) is 13.1 Å². The number of nitrogens with zero attached hydrogens (tertiary/aromatic N) is 2. The number of hydrazone groups is 1. The summed E-state index contributed by atoms with van der Waals surface area (Å²) < 4.78 is 0. The number of carbonyl (C=O) groups is 1.